The van der Waals surface area contributed by atoms with Crippen LogP contribution in [0, 0.1) is 0 Å². The highest BCUT2D eigenvalue weighted by Crippen LogP contribution is 2.19. The summed E-state index contributed by atoms with van der Waals surface area (Å²) >= 11 is 0. The summed E-state index contributed by atoms with van der Waals surface area (Å²) in [5, 5.41) is 2.89. The number of alkyl halides is 2. The summed E-state index contributed by atoms with van der Waals surface area (Å²) in [6, 6.07) is -0.658. The van der Waals surface area contributed by atoms with E-state index in [4.69, 9.17) is 4.74 Å². The largest absolute Gasteiger partial charge is 0.378 e. The Morgan fingerprint density at radius 1 is 1.47 bits per heavy atom. The molecule has 1 fully saturated rings. The molecule has 1 aliphatic heterocycles. The molecule has 0 aliphatic carbocycles. The van der Waals surface area contributed by atoms with Gasteiger partial charge in [-0.1, -0.05) is 6.92 Å². The average Bonchev–Trinajstić information content (AvgIpc) is 2.70. The molecule has 1 N–H and O–H groups in total. The molecular weight excluding hydrogens is 200 g/mol. The number of hydrogen-bond acceptors (Lipinski definition) is 2. The standard InChI is InChI=1S/C11H21F2NO/c1-2-7-14-10(11(12)13)6-5-9-4-3-8-15-9/h9-11,14H,2-8H2,1H3. The quantitative estimate of drug-likeness (QED) is 0.713. The van der Waals surface area contributed by atoms with E-state index < -0.39 is 12.5 Å². The van der Waals surface area contributed by atoms with E-state index in [1.54, 1.807) is 0 Å². The van der Waals surface area contributed by atoms with Crippen molar-refractivity contribution in [1.29, 1.82) is 0 Å². The summed E-state index contributed by atoms with van der Waals surface area (Å²) in [5.74, 6) is 0. The lowest BCUT2D eigenvalue weighted by Gasteiger charge is -2.19. The van der Waals surface area contributed by atoms with Crippen molar-refractivity contribution in [2.75, 3.05) is 13.2 Å². The van der Waals surface area contributed by atoms with Crippen LogP contribution in [0.25, 0.3) is 0 Å². The molecule has 0 radical (unpaired) electrons. The molecule has 90 valence electrons. The molecule has 1 rings (SSSR count). The van der Waals surface area contributed by atoms with Crippen molar-refractivity contribution in [2.24, 2.45) is 0 Å². The summed E-state index contributed by atoms with van der Waals surface area (Å²) in [7, 11) is 0. The molecule has 0 amide bonds. The number of rotatable bonds is 7. The van der Waals surface area contributed by atoms with Crippen molar-refractivity contribution in [3.63, 3.8) is 0 Å². The monoisotopic (exact) mass is 221 g/mol. The molecule has 2 nitrogen and oxygen atoms in total. The molecule has 0 spiro atoms. The molecule has 1 saturated heterocycles. The molecule has 2 unspecified atom stereocenters. The van der Waals surface area contributed by atoms with Gasteiger partial charge in [-0.05, 0) is 38.6 Å². The van der Waals surface area contributed by atoms with Crippen LogP contribution in [0.4, 0.5) is 8.78 Å². The third-order valence-corrected chi connectivity index (χ3v) is 2.78. The number of halogens is 2. The van der Waals surface area contributed by atoms with Gasteiger partial charge in [-0.3, -0.25) is 0 Å². The zero-order valence-corrected chi connectivity index (χ0v) is 9.35. The van der Waals surface area contributed by atoms with Gasteiger partial charge in [0.2, 0.25) is 0 Å². The van der Waals surface area contributed by atoms with E-state index in [9.17, 15) is 8.78 Å². The Kier molecular flexibility index (Phi) is 6.10. The van der Waals surface area contributed by atoms with Gasteiger partial charge in [0.05, 0.1) is 12.1 Å². The fourth-order valence-electron chi connectivity index (χ4n) is 1.88. The minimum Gasteiger partial charge on any atom is -0.378 e. The lowest BCUT2D eigenvalue weighted by atomic mass is 10.1. The Bertz CT molecular complexity index is 161. The first-order valence-corrected chi connectivity index (χ1v) is 5.87. The van der Waals surface area contributed by atoms with Crippen LogP contribution in [-0.4, -0.2) is 31.7 Å². The Hall–Kier alpha value is -0.220. The van der Waals surface area contributed by atoms with Crippen LogP contribution >= 0.6 is 0 Å². The lowest BCUT2D eigenvalue weighted by molar-refractivity contribution is 0.0685. The van der Waals surface area contributed by atoms with E-state index in [0.29, 0.717) is 13.0 Å². The van der Waals surface area contributed by atoms with Crippen molar-refractivity contribution >= 4 is 0 Å². The highest BCUT2D eigenvalue weighted by atomic mass is 19.3. The van der Waals surface area contributed by atoms with E-state index in [-0.39, 0.29) is 6.10 Å². The SMILES string of the molecule is CCCNC(CCC1CCCO1)C(F)F. The minimum absolute atomic E-state index is 0.217. The second-order valence-electron chi connectivity index (χ2n) is 4.11. The van der Waals surface area contributed by atoms with Gasteiger partial charge < -0.3 is 10.1 Å². The van der Waals surface area contributed by atoms with Crippen LogP contribution in [0.3, 0.4) is 0 Å². The highest BCUT2D eigenvalue weighted by Gasteiger charge is 2.22. The van der Waals surface area contributed by atoms with Crippen molar-refractivity contribution in [2.45, 2.75) is 57.6 Å². The summed E-state index contributed by atoms with van der Waals surface area (Å²) in [6.45, 7) is 3.45. The van der Waals surface area contributed by atoms with E-state index in [2.05, 4.69) is 5.32 Å². The number of ether oxygens (including phenoxy) is 1. The first-order chi connectivity index (χ1) is 7.24. The maximum absolute atomic E-state index is 12.6. The summed E-state index contributed by atoms with van der Waals surface area (Å²) in [5.41, 5.74) is 0. The molecule has 4 heteroatoms. The second kappa shape index (κ2) is 7.12. The van der Waals surface area contributed by atoms with Crippen molar-refractivity contribution in [3.05, 3.63) is 0 Å². The Balaban J connectivity index is 2.17. The molecule has 1 aliphatic rings. The molecule has 1 heterocycles. The van der Waals surface area contributed by atoms with Crippen LogP contribution in [0.2, 0.25) is 0 Å². The molecule has 0 aromatic carbocycles. The zero-order chi connectivity index (χ0) is 11.1. The predicted octanol–water partition coefficient (Wildman–Crippen LogP) is 2.58. The first kappa shape index (κ1) is 12.8. The van der Waals surface area contributed by atoms with Crippen LogP contribution < -0.4 is 5.32 Å². The summed E-state index contributed by atoms with van der Waals surface area (Å²) < 4.78 is 30.6. The zero-order valence-electron chi connectivity index (χ0n) is 9.35. The molecule has 0 saturated carbocycles. The number of hydrogen-bond donors (Lipinski definition) is 1. The van der Waals surface area contributed by atoms with Gasteiger partial charge >= 0.3 is 0 Å². The molecule has 0 aromatic heterocycles. The van der Waals surface area contributed by atoms with E-state index in [1.807, 2.05) is 6.92 Å². The molecule has 0 aromatic rings. The Morgan fingerprint density at radius 3 is 2.80 bits per heavy atom. The van der Waals surface area contributed by atoms with Crippen molar-refractivity contribution < 1.29 is 13.5 Å². The van der Waals surface area contributed by atoms with Crippen LogP contribution in [0.15, 0.2) is 0 Å². The Labute approximate surface area is 90.4 Å². The van der Waals surface area contributed by atoms with Gasteiger partial charge in [0, 0.05) is 6.61 Å². The molecule has 15 heavy (non-hydrogen) atoms. The smallest absolute Gasteiger partial charge is 0.253 e. The maximum Gasteiger partial charge on any atom is 0.253 e. The Morgan fingerprint density at radius 2 is 2.27 bits per heavy atom. The van der Waals surface area contributed by atoms with E-state index >= 15 is 0 Å². The van der Waals surface area contributed by atoms with E-state index in [1.165, 1.54) is 0 Å². The van der Waals surface area contributed by atoms with Gasteiger partial charge in [0.15, 0.2) is 0 Å². The van der Waals surface area contributed by atoms with Gasteiger partial charge in [-0.15, -0.1) is 0 Å². The molecular formula is C11H21F2NO. The fraction of sp³-hybridized carbons (Fsp3) is 1.00. The summed E-state index contributed by atoms with van der Waals surface area (Å²) in [6.07, 6.45) is 2.22. The fourth-order valence-corrected chi connectivity index (χ4v) is 1.88. The van der Waals surface area contributed by atoms with Crippen molar-refractivity contribution in [3.8, 4) is 0 Å². The molecule has 2 atom stereocenters. The maximum atomic E-state index is 12.6. The van der Waals surface area contributed by atoms with E-state index in [0.717, 1.165) is 32.3 Å². The van der Waals surface area contributed by atoms with Gasteiger partial charge in [0.25, 0.3) is 6.43 Å². The summed E-state index contributed by atoms with van der Waals surface area (Å²) in [4.78, 5) is 0. The third-order valence-electron chi connectivity index (χ3n) is 2.78. The van der Waals surface area contributed by atoms with Gasteiger partial charge in [-0.25, -0.2) is 8.78 Å². The highest BCUT2D eigenvalue weighted by molar-refractivity contribution is 4.73. The van der Waals surface area contributed by atoms with Gasteiger partial charge in [-0.2, -0.15) is 0 Å². The minimum atomic E-state index is -2.27. The van der Waals surface area contributed by atoms with Gasteiger partial charge in [0.1, 0.15) is 0 Å². The van der Waals surface area contributed by atoms with Crippen LogP contribution in [0.1, 0.15) is 39.0 Å². The van der Waals surface area contributed by atoms with Crippen molar-refractivity contribution in [1.82, 2.24) is 5.32 Å². The molecule has 0 bridgehead atoms. The lowest BCUT2D eigenvalue weighted by Crippen LogP contribution is -2.36. The second-order valence-corrected chi connectivity index (χ2v) is 4.11. The first-order valence-electron chi connectivity index (χ1n) is 5.87. The third kappa shape index (κ3) is 4.89. The average molecular weight is 221 g/mol. The number of nitrogens with one attached hydrogen (secondary N) is 1. The predicted molar refractivity (Wildman–Crippen MR) is 56.3 cm³/mol. The normalized spacial score (nSPS) is 23.6. The van der Waals surface area contributed by atoms with Crippen LogP contribution in [0.5, 0.6) is 0 Å². The topological polar surface area (TPSA) is 21.3 Å². The van der Waals surface area contributed by atoms with Crippen LogP contribution in [-0.2, 0) is 4.74 Å².